The molecule has 0 aliphatic carbocycles. The average molecular weight is 418 g/mol. The third-order valence-corrected chi connectivity index (χ3v) is 6.57. The largest absolute Gasteiger partial charge is 0.301 e. The standard InChI is InChI=1S/C27H35N3O/c1-19(2)26-28-24-14-8-13-23(16-21-10-6-5-7-11-21)25(24)27(31)30(26)18-22-12-9-15-29(17-22)20(3)4/h5-8,10-11,13-14,19-20,22H,9,12,15-18H2,1-4H3/t22-/m0/s1. The second-order valence-electron chi connectivity index (χ2n) is 9.61. The maximum Gasteiger partial charge on any atom is 0.261 e. The van der Waals surface area contributed by atoms with E-state index in [0.29, 0.717) is 12.0 Å². The molecular weight excluding hydrogens is 382 g/mol. The Balaban J connectivity index is 1.76. The highest BCUT2D eigenvalue weighted by Gasteiger charge is 2.24. The van der Waals surface area contributed by atoms with Crippen molar-refractivity contribution < 1.29 is 0 Å². The van der Waals surface area contributed by atoms with Gasteiger partial charge in [-0.15, -0.1) is 0 Å². The first-order chi connectivity index (χ1) is 14.9. The highest BCUT2D eigenvalue weighted by atomic mass is 16.1. The summed E-state index contributed by atoms with van der Waals surface area (Å²) in [5.74, 6) is 1.61. The van der Waals surface area contributed by atoms with Crippen LogP contribution < -0.4 is 5.56 Å². The highest BCUT2D eigenvalue weighted by molar-refractivity contribution is 5.81. The molecule has 1 fully saturated rings. The number of hydrogen-bond acceptors (Lipinski definition) is 3. The lowest BCUT2D eigenvalue weighted by Gasteiger charge is -2.36. The van der Waals surface area contributed by atoms with Crippen LogP contribution in [0, 0.1) is 5.92 Å². The summed E-state index contributed by atoms with van der Waals surface area (Å²) in [5, 5.41) is 0.785. The number of rotatable bonds is 6. The summed E-state index contributed by atoms with van der Waals surface area (Å²) < 4.78 is 2.00. The predicted octanol–water partition coefficient (Wildman–Crippen LogP) is 5.23. The predicted molar refractivity (Wildman–Crippen MR) is 129 cm³/mol. The van der Waals surface area contributed by atoms with Crippen LogP contribution in [-0.4, -0.2) is 33.6 Å². The summed E-state index contributed by atoms with van der Waals surface area (Å²) in [4.78, 5) is 21.4. The van der Waals surface area contributed by atoms with Crippen molar-refractivity contribution in [1.82, 2.24) is 14.5 Å². The maximum absolute atomic E-state index is 13.9. The van der Waals surface area contributed by atoms with Crippen LogP contribution in [0.3, 0.4) is 0 Å². The van der Waals surface area contributed by atoms with Gasteiger partial charge in [0, 0.05) is 25.0 Å². The van der Waals surface area contributed by atoms with E-state index in [1.165, 1.54) is 18.4 Å². The van der Waals surface area contributed by atoms with Crippen LogP contribution >= 0.6 is 0 Å². The molecule has 3 aromatic rings. The van der Waals surface area contributed by atoms with Crippen LogP contribution in [0.25, 0.3) is 10.9 Å². The van der Waals surface area contributed by atoms with E-state index in [1.807, 2.05) is 22.8 Å². The zero-order valence-corrected chi connectivity index (χ0v) is 19.3. The molecule has 1 atom stereocenters. The minimum absolute atomic E-state index is 0.127. The number of nitrogens with zero attached hydrogens (tertiary/aromatic N) is 3. The number of benzene rings is 2. The molecule has 0 N–H and O–H groups in total. The topological polar surface area (TPSA) is 38.1 Å². The first-order valence-corrected chi connectivity index (χ1v) is 11.7. The van der Waals surface area contributed by atoms with Crippen molar-refractivity contribution in [3.8, 4) is 0 Å². The minimum Gasteiger partial charge on any atom is -0.301 e. The molecular formula is C27H35N3O. The summed E-state index contributed by atoms with van der Waals surface area (Å²) >= 11 is 0. The fourth-order valence-electron chi connectivity index (χ4n) is 4.90. The summed E-state index contributed by atoms with van der Waals surface area (Å²) in [5.41, 5.74) is 3.24. The molecule has 2 aromatic carbocycles. The molecule has 0 unspecified atom stereocenters. The van der Waals surface area contributed by atoms with Crippen molar-refractivity contribution in [3.63, 3.8) is 0 Å². The Bertz CT molecular complexity index is 1080. The Labute approximate surface area is 185 Å². The van der Waals surface area contributed by atoms with Gasteiger partial charge in [-0.3, -0.25) is 9.36 Å². The van der Waals surface area contributed by atoms with Gasteiger partial charge in [0.1, 0.15) is 5.82 Å². The Morgan fingerprint density at radius 3 is 2.52 bits per heavy atom. The van der Waals surface area contributed by atoms with Crippen LogP contribution in [0.4, 0.5) is 0 Å². The summed E-state index contributed by atoms with van der Waals surface area (Å²) in [7, 11) is 0. The third-order valence-electron chi connectivity index (χ3n) is 6.57. The van der Waals surface area contributed by atoms with E-state index in [1.54, 1.807) is 0 Å². The van der Waals surface area contributed by atoms with Crippen LogP contribution in [0.15, 0.2) is 53.3 Å². The summed E-state index contributed by atoms with van der Waals surface area (Å²) in [6.45, 7) is 11.8. The van der Waals surface area contributed by atoms with Gasteiger partial charge in [0.05, 0.1) is 10.9 Å². The van der Waals surface area contributed by atoms with Crippen molar-refractivity contribution >= 4 is 10.9 Å². The molecule has 0 saturated carbocycles. The zero-order valence-electron chi connectivity index (χ0n) is 19.3. The molecule has 1 aliphatic heterocycles. The van der Waals surface area contributed by atoms with Gasteiger partial charge in [-0.1, -0.05) is 56.3 Å². The van der Waals surface area contributed by atoms with Crippen molar-refractivity contribution in [2.45, 2.75) is 65.5 Å². The van der Waals surface area contributed by atoms with E-state index in [-0.39, 0.29) is 11.5 Å². The van der Waals surface area contributed by atoms with Gasteiger partial charge in [-0.25, -0.2) is 4.98 Å². The van der Waals surface area contributed by atoms with Crippen molar-refractivity contribution in [1.29, 1.82) is 0 Å². The Morgan fingerprint density at radius 1 is 1.03 bits per heavy atom. The van der Waals surface area contributed by atoms with Crippen LogP contribution in [-0.2, 0) is 13.0 Å². The Hall–Kier alpha value is -2.46. The van der Waals surface area contributed by atoms with Gasteiger partial charge in [-0.05, 0) is 62.8 Å². The second-order valence-corrected chi connectivity index (χ2v) is 9.61. The number of likely N-dealkylation sites (tertiary alicyclic amines) is 1. The molecule has 31 heavy (non-hydrogen) atoms. The van der Waals surface area contributed by atoms with Gasteiger partial charge in [0.15, 0.2) is 0 Å². The Morgan fingerprint density at radius 2 is 1.81 bits per heavy atom. The monoisotopic (exact) mass is 417 g/mol. The molecule has 2 heterocycles. The van der Waals surface area contributed by atoms with E-state index in [0.717, 1.165) is 48.3 Å². The van der Waals surface area contributed by atoms with E-state index in [4.69, 9.17) is 4.98 Å². The molecule has 1 saturated heterocycles. The normalized spacial score (nSPS) is 17.7. The fourth-order valence-corrected chi connectivity index (χ4v) is 4.90. The molecule has 0 radical (unpaired) electrons. The van der Waals surface area contributed by atoms with Gasteiger partial charge < -0.3 is 4.90 Å². The molecule has 164 valence electrons. The lowest BCUT2D eigenvalue weighted by atomic mass is 9.96. The smallest absolute Gasteiger partial charge is 0.261 e. The molecule has 0 amide bonds. The lowest BCUT2D eigenvalue weighted by Crippen LogP contribution is -2.42. The van der Waals surface area contributed by atoms with Gasteiger partial charge in [-0.2, -0.15) is 0 Å². The van der Waals surface area contributed by atoms with Crippen LogP contribution in [0.2, 0.25) is 0 Å². The third kappa shape index (κ3) is 4.74. The number of aromatic nitrogens is 2. The first-order valence-electron chi connectivity index (χ1n) is 11.7. The van der Waals surface area contributed by atoms with E-state index < -0.39 is 0 Å². The number of fused-ring (bicyclic) bond motifs is 1. The van der Waals surface area contributed by atoms with Crippen LogP contribution in [0.1, 0.15) is 63.4 Å². The van der Waals surface area contributed by atoms with E-state index in [2.05, 4.69) is 62.9 Å². The summed E-state index contributed by atoms with van der Waals surface area (Å²) in [6.07, 6.45) is 3.13. The second kappa shape index (κ2) is 9.35. The molecule has 4 heteroatoms. The molecule has 1 aliphatic rings. The van der Waals surface area contributed by atoms with Gasteiger partial charge >= 0.3 is 0 Å². The highest BCUT2D eigenvalue weighted by Crippen LogP contribution is 2.24. The maximum atomic E-state index is 13.9. The minimum atomic E-state index is 0.127. The quantitative estimate of drug-likeness (QED) is 0.551. The van der Waals surface area contributed by atoms with E-state index >= 15 is 0 Å². The number of hydrogen-bond donors (Lipinski definition) is 0. The SMILES string of the molecule is CC(C)c1nc2cccc(Cc3ccccc3)c2c(=O)n1C[C@H]1CCCN(C(C)C)C1. The molecule has 4 nitrogen and oxygen atoms in total. The number of piperidine rings is 1. The van der Waals surface area contributed by atoms with Crippen molar-refractivity contribution in [2.75, 3.05) is 13.1 Å². The van der Waals surface area contributed by atoms with Crippen molar-refractivity contribution in [3.05, 3.63) is 75.8 Å². The van der Waals surface area contributed by atoms with E-state index in [9.17, 15) is 4.79 Å². The van der Waals surface area contributed by atoms with Gasteiger partial charge in [0.25, 0.3) is 5.56 Å². The van der Waals surface area contributed by atoms with Gasteiger partial charge in [0.2, 0.25) is 0 Å². The Kier molecular flexibility index (Phi) is 6.57. The summed E-state index contributed by atoms with van der Waals surface area (Å²) in [6, 6.07) is 17.0. The first kappa shape index (κ1) is 21.8. The van der Waals surface area contributed by atoms with Crippen molar-refractivity contribution in [2.24, 2.45) is 5.92 Å². The lowest BCUT2D eigenvalue weighted by molar-refractivity contribution is 0.129. The van der Waals surface area contributed by atoms with Crippen LogP contribution in [0.5, 0.6) is 0 Å². The fraction of sp³-hybridized carbons (Fsp3) is 0.481. The molecule has 1 aromatic heterocycles. The molecule has 0 spiro atoms. The molecule has 4 rings (SSSR count). The average Bonchev–Trinajstić information content (AvgIpc) is 2.76. The zero-order chi connectivity index (χ0) is 22.0. The molecule has 0 bridgehead atoms.